The third kappa shape index (κ3) is 1.88. The van der Waals surface area contributed by atoms with Crippen LogP contribution in [0.2, 0.25) is 0 Å². The van der Waals surface area contributed by atoms with E-state index in [0.29, 0.717) is 17.3 Å². The summed E-state index contributed by atoms with van der Waals surface area (Å²) in [5.41, 5.74) is 0.236. The standard InChI is InChI=1S/C21H34O4/c1-18(13-22)16-4-3-14-11-15-12-20(14,19(16,2)6-5-17(18)23)7-8-21(15)24-9-10-25-21/h14-17,22-23H,3-13H2,1-2H3/t14-,15+,16-,17+,18-,19-,20-/m0/s1. The van der Waals surface area contributed by atoms with Gasteiger partial charge in [-0.2, -0.15) is 0 Å². The van der Waals surface area contributed by atoms with Gasteiger partial charge in [0.15, 0.2) is 5.79 Å². The predicted molar refractivity (Wildman–Crippen MR) is 93.8 cm³/mol. The summed E-state index contributed by atoms with van der Waals surface area (Å²) in [7, 11) is 0. The Bertz CT molecular complexity index is 558. The van der Waals surface area contributed by atoms with E-state index in [4.69, 9.17) is 9.47 Å². The maximum absolute atomic E-state index is 10.7. The predicted octanol–water partition coefficient (Wildman–Crippen LogP) is 3.11. The van der Waals surface area contributed by atoms with Crippen molar-refractivity contribution in [1.29, 1.82) is 0 Å². The van der Waals surface area contributed by atoms with Crippen molar-refractivity contribution >= 4 is 0 Å². The second-order valence-corrected chi connectivity index (χ2v) is 10.3. The quantitative estimate of drug-likeness (QED) is 0.763. The fraction of sp³-hybridized carbons (Fsp3) is 1.00. The molecule has 4 saturated carbocycles. The third-order valence-corrected chi connectivity index (χ3v) is 9.82. The van der Waals surface area contributed by atoms with Gasteiger partial charge in [0.05, 0.1) is 25.9 Å². The number of hydrogen-bond donors (Lipinski definition) is 2. The van der Waals surface area contributed by atoms with Crippen LogP contribution in [0.3, 0.4) is 0 Å². The van der Waals surface area contributed by atoms with Crippen LogP contribution in [0.5, 0.6) is 0 Å². The molecule has 4 aliphatic carbocycles. The fourth-order valence-corrected chi connectivity index (χ4v) is 8.46. The van der Waals surface area contributed by atoms with Crippen LogP contribution in [-0.2, 0) is 9.47 Å². The van der Waals surface area contributed by atoms with Gasteiger partial charge in [0.25, 0.3) is 0 Å². The lowest BCUT2D eigenvalue weighted by Gasteiger charge is -2.66. The second-order valence-electron chi connectivity index (χ2n) is 10.3. The average Bonchev–Trinajstić information content (AvgIpc) is 3.20. The highest BCUT2D eigenvalue weighted by molar-refractivity contribution is 5.18. The van der Waals surface area contributed by atoms with Gasteiger partial charge in [0.1, 0.15) is 0 Å². The van der Waals surface area contributed by atoms with E-state index in [1.807, 2.05) is 0 Å². The van der Waals surface area contributed by atoms with Crippen LogP contribution in [-0.4, -0.2) is 41.9 Å². The van der Waals surface area contributed by atoms with Gasteiger partial charge in [-0.1, -0.05) is 13.8 Å². The van der Waals surface area contributed by atoms with Crippen LogP contribution in [0, 0.1) is 34.0 Å². The molecular formula is C21H34O4. The lowest BCUT2D eigenvalue weighted by molar-refractivity contribution is -0.246. The minimum Gasteiger partial charge on any atom is -0.396 e. The Hall–Kier alpha value is -0.160. The first-order chi connectivity index (χ1) is 11.9. The van der Waals surface area contributed by atoms with Gasteiger partial charge >= 0.3 is 0 Å². The van der Waals surface area contributed by atoms with Crippen LogP contribution < -0.4 is 0 Å². The Balaban J connectivity index is 1.53. The molecule has 0 radical (unpaired) electrons. The molecule has 0 aromatic heterocycles. The van der Waals surface area contributed by atoms with Crippen LogP contribution in [0.25, 0.3) is 0 Å². The largest absolute Gasteiger partial charge is 0.396 e. The van der Waals surface area contributed by atoms with Gasteiger partial charge in [-0.3, -0.25) is 0 Å². The molecule has 5 aliphatic rings. The SMILES string of the molecule is C[C@@]1(CO)[C@H](O)CC[C@@]2(C)[C@H]1CC[C@H]1C[C@@H]3C[C@@]12CCC31OCCO1. The molecule has 2 spiro atoms. The molecule has 25 heavy (non-hydrogen) atoms. The van der Waals surface area contributed by atoms with E-state index in [1.54, 1.807) is 0 Å². The van der Waals surface area contributed by atoms with E-state index >= 15 is 0 Å². The van der Waals surface area contributed by atoms with Crippen molar-refractivity contribution in [2.75, 3.05) is 19.8 Å². The molecule has 4 heteroatoms. The van der Waals surface area contributed by atoms with Crippen molar-refractivity contribution in [3.63, 3.8) is 0 Å². The zero-order chi connectivity index (χ0) is 17.5. The first-order valence-electron chi connectivity index (χ1n) is 10.5. The topological polar surface area (TPSA) is 58.9 Å². The fourth-order valence-electron chi connectivity index (χ4n) is 8.46. The van der Waals surface area contributed by atoms with Crippen LogP contribution in [0.15, 0.2) is 0 Å². The van der Waals surface area contributed by atoms with Crippen molar-refractivity contribution < 1.29 is 19.7 Å². The highest BCUT2D eigenvalue weighted by Crippen LogP contribution is 2.75. The summed E-state index contributed by atoms with van der Waals surface area (Å²) in [6, 6.07) is 0. The summed E-state index contributed by atoms with van der Waals surface area (Å²) >= 11 is 0. The molecule has 142 valence electrons. The first kappa shape index (κ1) is 17.0. The molecule has 7 atom stereocenters. The Morgan fingerprint density at radius 2 is 1.72 bits per heavy atom. The van der Waals surface area contributed by atoms with Crippen molar-refractivity contribution in [2.24, 2.45) is 34.0 Å². The number of aliphatic hydroxyl groups excluding tert-OH is 2. The molecule has 2 bridgehead atoms. The normalized spacial score (nSPS) is 56.6. The van der Waals surface area contributed by atoms with E-state index in [0.717, 1.165) is 44.8 Å². The highest BCUT2D eigenvalue weighted by atomic mass is 16.7. The van der Waals surface area contributed by atoms with Gasteiger partial charge in [-0.15, -0.1) is 0 Å². The number of ether oxygens (including phenoxy) is 2. The van der Waals surface area contributed by atoms with Crippen LogP contribution >= 0.6 is 0 Å². The summed E-state index contributed by atoms with van der Waals surface area (Å²) in [5.74, 6) is 1.44. The molecule has 1 heterocycles. The van der Waals surface area contributed by atoms with Crippen molar-refractivity contribution in [3.8, 4) is 0 Å². The Labute approximate surface area is 151 Å². The summed E-state index contributed by atoms with van der Waals surface area (Å²) in [6.07, 6.45) is 8.68. The van der Waals surface area contributed by atoms with Gasteiger partial charge in [0.2, 0.25) is 0 Å². The average molecular weight is 350 g/mol. The molecule has 5 rings (SSSR count). The maximum atomic E-state index is 10.7. The molecule has 5 fully saturated rings. The van der Waals surface area contributed by atoms with E-state index in [-0.39, 0.29) is 29.3 Å². The van der Waals surface area contributed by atoms with Gasteiger partial charge in [-0.25, -0.2) is 0 Å². The molecule has 0 aromatic carbocycles. The molecular weight excluding hydrogens is 316 g/mol. The summed E-state index contributed by atoms with van der Waals surface area (Å²) < 4.78 is 12.3. The van der Waals surface area contributed by atoms with Gasteiger partial charge < -0.3 is 19.7 Å². The van der Waals surface area contributed by atoms with Crippen molar-refractivity contribution in [2.45, 2.75) is 77.1 Å². The van der Waals surface area contributed by atoms with Gasteiger partial charge in [-0.05, 0) is 67.6 Å². The zero-order valence-corrected chi connectivity index (χ0v) is 15.8. The molecule has 0 aromatic rings. The second kappa shape index (κ2) is 5.21. The van der Waals surface area contributed by atoms with Crippen LogP contribution in [0.1, 0.15) is 65.2 Å². The summed E-state index contributed by atoms with van der Waals surface area (Å²) in [4.78, 5) is 0. The van der Waals surface area contributed by atoms with E-state index in [1.165, 1.54) is 25.7 Å². The molecule has 0 amide bonds. The minimum atomic E-state index is -0.364. The summed E-state index contributed by atoms with van der Waals surface area (Å²) in [5, 5.41) is 20.9. The maximum Gasteiger partial charge on any atom is 0.171 e. The number of fused-ring (bicyclic) bond motifs is 3. The Morgan fingerprint density at radius 3 is 2.44 bits per heavy atom. The van der Waals surface area contributed by atoms with Crippen LogP contribution in [0.4, 0.5) is 0 Å². The summed E-state index contributed by atoms with van der Waals surface area (Å²) in [6.45, 7) is 6.25. The van der Waals surface area contributed by atoms with Crippen molar-refractivity contribution in [1.82, 2.24) is 0 Å². The van der Waals surface area contributed by atoms with E-state index in [2.05, 4.69) is 13.8 Å². The lowest BCUT2D eigenvalue weighted by Crippen LogP contribution is -2.63. The van der Waals surface area contributed by atoms with E-state index in [9.17, 15) is 10.2 Å². The third-order valence-electron chi connectivity index (χ3n) is 9.82. The Morgan fingerprint density at radius 1 is 0.960 bits per heavy atom. The first-order valence-corrected chi connectivity index (χ1v) is 10.5. The van der Waals surface area contributed by atoms with Crippen molar-refractivity contribution in [3.05, 3.63) is 0 Å². The molecule has 1 saturated heterocycles. The lowest BCUT2D eigenvalue weighted by atomic mass is 9.39. The molecule has 1 aliphatic heterocycles. The smallest absolute Gasteiger partial charge is 0.171 e. The van der Waals surface area contributed by atoms with E-state index < -0.39 is 0 Å². The van der Waals surface area contributed by atoms with Gasteiger partial charge in [0, 0.05) is 17.8 Å². The highest BCUT2D eigenvalue weighted by Gasteiger charge is 2.71. The monoisotopic (exact) mass is 350 g/mol. The number of aliphatic hydroxyl groups is 2. The Kier molecular flexibility index (Phi) is 3.54. The number of hydrogen-bond acceptors (Lipinski definition) is 4. The number of rotatable bonds is 1. The minimum absolute atomic E-state index is 0.106. The molecule has 0 unspecified atom stereocenters. The molecule has 2 N–H and O–H groups in total. The zero-order valence-electron chi connectivity index (χ0n) is 15.8. The molecule has 4 nitrogen and oxygen atoms in total.